The monoisotopic (exact) mass is 376 g/mol. The number of hydrogen-bond donors (Lipinski definition) is 1. The van der Waals surface area contributed by atoms with E-state index in [1.54, 1.807) is 6.07 Å². The van der Waals surface area contributed by atoms with Gasteiger partial charge in [-0.1, -0.05) is 30.3 Å². The lowest BCUT2D eigenvalue weighted by Gasteiger charge is -2.16. The number of likely N-dealkylation sites (tertiary alicyclic amines) is 1. The van der Waals surface area contributed by atoms with E-state index in [1.807, 2.05) is 18.2 Å². The topological polar surface area (TPSA) is 29.3 Å². The molecule has 1 aromatic heterocycles. The van der Waals surface area contributed by atoms with Crippen molar-refractivity contribution in [3.05, 3.63) is 57.8 Å². The average molecular weight is 377 g/mol. The summed E-state index contributed by atoms with van der Waals surface area (Å²) in [4.78, 5) is 2.43. The number of benzene rings is 1. The Hall–Kier alpha value is -1.08. The van der Waals surface area contributed by atoms with Crippen LogP contribution in [0, 0.1) is 5.92 Å². The summed E-state index contributed by atoms with van der Waals surface area (Å²) in [6, 6.07) is 13.0. The molecule has 132 valence electrons. The van der Waals surface area contributed by atoms with Crippen LogP contribution in [0.25, 0.3) is 0 Å². The van der Waals surface area contributed by atoms with Gasteiger partial charge in [-0.05, 0) is 30.2 Å². The summed E-state index contributed by atoms with van der Waals surface area (Å²) in [5.74, 6) is 0.697. The van der Waals surface area contributed by atoms with Gasteiger partial charge in [0.05, 0.1) is 0 Å². The van der Waals surface area contributed by atoms with Crippen LogP contribution in [0.5, 0.6) is 0 Å². The van der Waals surface area contributed by atoms with Crippen LogP contribution in [0.1, 0.15) is 21.2 Å². The van der Waals surface area contributed by atoms with Gasteiger partial charge in [0.2, 0.25) is 0 Å². The standard InChI is InChI=1S/C17H19F3N2S.ClH/c18-17(19,20)16-7-6-14(23-16)10-22-9-13(8-21)15(11-22)12-4-2-1-3-5-12;/h1-7,13,15H,8-11,21H2;1H/t13-,15+;/m1./s1. The number of thiophene rings is 1. The van der Waals surface area contributed by atoms with Crippen LogP contribution in [-0.4, -0.2) is 24.5 Å². The summed E-state index contributed by atoms with van der Waals surface area (Å²) in [6.07, 6.45) is -4.25. The van der Waals surface area contributed by atoms with E-state index in [2.05, 4.69) is 17.0 Å². The maximum Gasteiger partial charge on any atom is 0.425 e. The fourth-order valence-electron chi connectivity index (χ4n) is 3.24. The third kappa shape index (κ3) is 4.30. The first-order valence-corrected chi connectivity index (χ1v) is 8.42. The molecule has 1 aliphatic rings. The maximum atomic E-state index is 12.7. The van der Waals surface area contributed by atoms with E-state index < -0.39 is 11.1 Å². The van der Waals surface area contributed by atoms with Crippen molar-refractivity contribution in [1.82, 2.24) is 4.90 Å². The van der Waals surface area contributed by atoms with Gasteiger partial charge < -0.3 is 5.73 Å². The molecule has 2 atom stereocenters. The molecule has 0 spiro atoms. The summed E-state index contributed by atoms with van der Waals surface area (Å²) >= 11 is 0.835. The second-order valence-electron chi connectivity index (χ2n) is 5.97. The molecule has 2 heterocycles. The Kier molecular flexibility index (Phi) is 6.31. The van der Waals surface area contributed by atoms with E-state index in [1.165, 1.54) is 11.6 Å². The highest BCUT2D eigenvalue weighted by molar-refractivity contribution is 7.12. The molecule has 0 unspecified atom stereocenters. The molecular formula is C17H20ClF3N2S. The molecule has 1 aromatic carbocycles. The van der Waals surface area contributed by atoms with Crippen LogP contribution < -0.4 is 5.73 Å². The molecule has 0 saturated carbocycles. The predicted molar refractivity (Wildman–Crippen MR) is 93.6 cm³/mol. The van der Waals surface area contributed by atoms with Crippen LogP contribution in [-0.2, 0) is 12.7 Å². The van der Waals surface area contributed by atoms with Crippen molar-refractivity contribution >= 4 is 23.7 Å². The average Bonchev–Trinajstić information content (AvgIpc) is 3.15. The van der Waals surface area contributed by atoms with E-state index in [4.69, 9.17) is 5.73 Å². The minimum Gasteiger partial charge on any atom is -0.330 e. The summed E-state index contributed by atoms with van der Waals surface area (Å²) in [6.45, 7) is 2.81. The van der Waals surface area contributed by atoms with Crippen LogP contribution >= 0.6 is 23.7 Å². The van der Waals surface area contributed by atoms with E-state index in [-0.39, 0.29) is 12.4 Å². The fraction of sp³-hybridized carbons (Fsp3) is 0.412. The van der Waals surface area contributed by atoms with Gasteiger partial charge in [-0.2, -0.15) is 13.2 Å². The number of halogens is 4. The Morgan fingerprint density at radius 2 is 1.79 bits per heavy atom. The molecule has 7 heteroatoms. The fourth-order valence-corrected chi connectivity index (χ4v) is 4.16. The van der Waals surface area contributed by atoms with Gasteiger partial charge in [-0.15, -0.1) is 23.7 Å². The van der Waals surface area contributed by atoms with Crippen LogP contribution in [0.4, 0.5) is 13.2 Å². The predicted octanol–water partition coefficient (Wildman–Crippen LogP) is 4.36. The number of nitrogens with zero attached hydrogens (tertiary/aromatic N) is 1. The third-order valence-corrected chi connectivity index (χ3v) is 5.48. The third-order valence-electron chi connectivity index (χ3n) is 4.37. The number of rotatable bonds is 4. The van der Waals surface area contributed by atoms with Crippen LogP contribution in [0.2, 0.25) is 0 Å². The zero-order chi connectivity index (χ0) is 16.4. The lowest BCUT2D eigenvalue weighted by molar-refractivity contribution is -0.134. The highest BCUT2D eigenvalue weighted by Gasteiger charge is 2.35. The summed E-state index contributed by atoms with van der Waals surface area (Å²) in [5, 5.41) is 0. The van der Waals surface area contributed by atoms with Gasteiger partial charge in [0.1, 0.15) is 4.88 Å². The van der Waals surface area contributed by atoms with E-state index in [9.17, 15) is 13.2 Å². The molecule has 3 rings (SSSR count). The molecular weight excluding hydrogens is 357 g/mol. The van der Waals surface area contributed by atoms with Gasteiger partial charge in [0.15, 0.2) is 0 Å². The first kappa shape index (κ1) is 19.2. The van der Waals surface area contributed by atoms with Crippen molar-refractivity contribution in [2.75, 3.05) is 19.6 Å². The molecule has 0 bridgehead atoms. The zero-order valence-corrected chi connectivity index (χ0v) is 14.6. The molecule has 0 radical (unpaired) electrons. The SMILES string of the molecule is Cl.NC[C@@H]1CN(Cc2ccc(C(F)(F)F)s2)C[C@H]1c1ccccc1. The summed E-state index contributed by atoms with van der Waals surface area (Å²) in [5.41, 5.74) is 7.16. The normalized spacial score (nSPS) is 21.7. The van der Waals surface area contributed by atoms with Gasteiger partial charge in [0.25, 0.3) is 0 Å². The molecule has 2 aromatic rings. The van der Waals surface area contributed by atoms with Gasteiger partial charge in [-0.3, -0.25) is 4.90 Å². The first-order chi connectivity index (χ1) is 11.0. The Balaban J connectivity index is 0.00000208. The number of nitrogens with two attached hydrogens (primary N) is 1. The van der Waals surface area contributed by atoms with E-state index >= 15 is 0 Å². The van der Waals surface area contributed by atoms with Crippen molar-refractivity contribution in [1.29, 1.82) is 0 Å². The van der Waals surface area contributed by atoms with E-state index in [0.29, 0.717) is 24.9 Å². The summed E-state index contributed by atoms with van der Waals surface area (Å²) < 4.78 is 38.1. The summed E-state index contributed by atoms with van der Waals surface area (Å²) in [7, 11) is 0. The highest BCUT2D eigenvalue weighted by atomic mass is 35.5. The highest BCUT2D eigenvalue weighted by Crippen LogP contribution is 2.37. The van der Waals surface area contributed by atoms with Gasteiger partial charge in [0, 0.05) is 30.4 Å². The largest absolute Gasteiger partial charge is 0.425 e. The van der Waals surface area contributed by atoms with Crippen molar-refractivity contribution in [2.24, 2.45) is 11.7 Å². The smallest absolute Gasteiger partial charge is 0.330 e. The molecule has 0 aliphatic carbocycles. The van der Waals surface area contributed by atoms with E-state index in [0.717, 1.165) is 29.3 Å². The van der Waals surface area contributed by atoms with Gasteiger partial charge in [-0.25, -0.2) is 0 Å². The Labute approximate surface area is 149 Å². The minimum absolute atomic E-state index is 0. The van der Waals surface area contributed by atoms with Crippen molar-refractivity contribution < 1.29 is 13.2 Å². The molecule has 2 nitrogen and oxygen atoms in total. The number of alkyl halides is 3. The number of hydrogen-bond acceptors (Lipinski definition) is 3. The van der Waals surface area contributed by atoms with Crippen LogP contribution in [0.3, 0.4) is 0 Å². The minimum atomic E-state index is -4.25. The molecule has 1 fully saturated rings. The Morgan fingerprint density at radius 3 is 2.38 bits per heavy atom. The van der Waals surface area contributed by atoms with Crippen LogP contribution in [0.15, 0.2) is 42.5 Å². The quantitative estimate of drug-likeness (QED) is 0.858. The molecule has 0 amide bonds. The lowest BCUT2D eigenvalue weighted by Crippen LogP contribution is -2.22. The first-order valence-electron chi connectivity index (χ1n) is 7.60. The lowest BCUT2D eigenvalue weighted by atomic mass is 9.89. The Bertz CT molecular complexity index is 645. The van der Waals surface area contributed by atoms with Crippen molar-refractivity contribution in [3.8, 4) is 0 Å². The zero-order valence-electron chi connectivity index (χ0n) is 13.0. The Morgan fingerprint density at radius 1 is 1.08 bits per heavy atom. The molecule has 1 aliphatic heterocycles. The van der Waals surface area contributed by atoms with Crippen molar-refractivity contribution in [3.63, 3.8) is 0 Å². The second kappa shape index (κ2) is 7.87. The molecule has 24 heavy (non-hydrogen) atoms. The van der Waals surface area contributed by atoms with Gasteiger partial charge >= 0.3 is 6.18 Å². The second-order valence-corrected chi connectivity index (χ2v) is 7.14. The molecule has 2 N–H and O–H groups in total. The van der Waals surface area contributed by atoms with Crippen molar-refractivity contribution in [2.45, 2.75) is 18.6 Å². The maximum absolute atomic E-state index is 12.7. The molecule has 1 saturated heterocycles.